The minimum atomic E-state index is -0.276. The van der Waals surface area contributed by atoms with E-state index in [1.807, 2.05) is 24.7 Å². The highest BCUT2D eigenvalue weighted by Gasteiger charge is 2.20. The third-order valence-corrected chi connectivity index (χ3v) is 3.17. The number of ether oxygens (including phenoxy) is 1. The Morgan fingerprint density at radius 2 is 2.50 bits per heavy atom. The molecule has 0 amide bonds. The Hall–Kier alpha value is -0.870. The Kier molecular flexibility index (Phi) is 3.61. The summed E-state index contributed by atoms with van der Waals surface area (Å²) in [4.78, 5) is 0. The van der Waals surface area contributed by atoms with E-state index in [-0.39, 0.29) is 6.10 Å². The Morgan fingerprint density at radius 1 is 1.69 bits per heavy atom. The zero-order valence-corrected chi connectivity index (χ0v) is 10.0. The van der Waals surface area contributed by atoms with E-state index >= 15 is 0 Å². The molecule has 1 aliphatic rings. The van der Waals surface area contributed by atoms with Gasteiger partial charge in [-0.15, -0.1) is 0 Å². The molecule has 1 aliphatic heterocycles. The molecule has 1 aromatic rings. The van der Waals surface area contributed by atoms with E-state index in [1.165, 1.54) is 0 Å². The smallest absolute Gasteiger partial charge is 0.0599 e. The second-order valence-corrected chi connectivity index (χ2v) is 4.72. The van der Waals surface area contributed by atoms with Crippen molar-refractivity contribution < 1.29 is 9.84 Å². The van der Waals surface area contributed by atoms with Gasteiger partial charge in [0.2, 0.25) is 0 Å². The van der Waals surface area contributed by atoms with Gasteiger partial charge in [-0.3, -0.25) is 4.68 Å². The predicted octanol–water partition coefficient (Wildman–Crippen LogP) is 1.06. The summed E-state index contributed by atoms with van der Waals surface area (Å²) in [6, 6.07) is 2.04. The Bertz CT molecular complexity index is 343. The molecule has 1 fully saturated rings. The van der Waals surface area contributed by atoms with E-state index in [4.69, 9.17) is 4.74 Å². The predicted molar refractivity (Wildman–Crippen MR) is 61.2 cm³/mol. The van der Waals surface area contributed by atoms with Crippen LogP contribution in [-0.4, -0.2) is 34.2 Å². The number of aryl methyl sites for hydroxylation is 2. The summed E-state index contributed by atoms with van der Waals surface area (Å²) in [6.07, 6.45) is 2.33. The summed E-state index contributed by atoms with van der Waals surface area (Å²) in [5.74, 6) is 0.532. The van der Waals surface area contributed by atoms with Crippen LogP contribution in [0.25, 0.3) is 0 Å². The summed E-state index contributed by atoms with van der Waals surface area (Å²) in [7, 11) is 1.92. The first-order chi connectivity index (χ1) is 7.65. The summed E-state index contributed by atoms with van der Waals surface area (Å²) < 4.78 is 7.16. The van der Waals surface area contributed by atoms with Gasteiger partial charge in [-0.1, -0.05) is 0 Å². The number of aromatic nitrogens is 2. The molecule has 1 N–H and O–H groups in total. The standard InChI is InChI=1S/C12H20N2O2/c1-9-5-11(14(2)13-9)7-12(15)6-10-3-4-16-8-10/h5,10,12,15H,3-4,6-8H2,1-2H3. The molecule has 2 rings (SSSR count). The Morgan fingerprint density at radius 3 is 3.06 bits per heavy atom. The van der Waals surface area contributed by atoms with Crippen LogP contribution in [0.4, 0.5) is 0 Å². The highest BCUT2D eigenvalue weighted by molar-refractivity contribution is 5.09. The van der Waals surface area contributed by atoms with E-state index in [9.17, 15) is 5.11 Å². The van der Waals surface area contributed by atoms with Crippen LogP contribution in [0, 0.1) is 12.8 Å². The largest absolute Gasteiger partial charge is 0.393 e. The number of rotatable bonds is 4. The van der Waals surface area contributed by atoms with Crippen LogP contribution < -0.4 is 0 Å². The van der Waals surface area contributed by atoms with Crippen molar-refractivity contribution in [1.82, 2.24) is 9.78 Å². The van der Waals surface area contributed by atoms with Crippen molar-refractivity contribution in [3.63, 3.8) is 0 Å². The van der Waals surface area contributed by atoms with Crippen LogP contribution in [0.1, 0.15) is 24.2 Å². The lowest BCUT2D eigenvalue weighted by molar-refractivity contribution is 0.127. The van der Waals surface area contributed by atoms with Crippen molar-refractivity contribution >= 4 is 0 Å². The minimum Gasteiger partial charge on any atom is -0.393 e. The number of hydrogen-bond acceptors (Lipinski definition) is 3. The molecule has 0 aliphatic carbocycles. The zero-order chi connectivity index (χ0) is 11.5. The quantitative estimate of drug-likeness (QED) is 0.832. The summed E-state index contributed by atoms with van der Waals surface area (Å²) >= 11 is 0. The molecule has 4 heteroatoms. The van der Waals surface area contributed by atoms with Crippen LogP contribution in [0.2, 0.25) is 0 Å². The third-order valence-electron chi connectivity index (χ3n) is 3.17. The lowest BCUT2D eigenvalue weighted by Gasteiger charge is -2.14. The summed E-state index contributed by atoms with van der Waals surface area (Å²) in [5, 5.41) is 14.3. The third kappa shape index (κ3) is 2.83. The van der Waals surface area contributed by atoms with Gasteiger partial charge >= 0.3 is 0 Å². The van der Waals surface area contributed by atoms with Crippen LogP contribution in [0.15, 0.2) is 6.07 Å². The van der Waals surface area contributed by atoms with Gasteiger partial charge < -0.3 is 9.84 Å². The maximum absolute atomic E-state index is 10.0. The van der Waals surface area contributed by atoms with Crippen molar-refractivity contribution in [2.75, 3.05) is 13.2 Å². The summed E-state index contributed by atoms with van der Waals surface area (Å²) in [5.41, 5.74) is 2.11. The molecule has 2 atom stereocenters. The fraction of sp³-hybridized carbons (Fsp3) is 0.750. The van der Waals surface area contributed by atoms with Crippen molar-refractivity contribution in [2.24, 2.45) is 13.0 Å². The minimum absolute atomic E-state index is 0.276. The monoisotopic (exact) mass is 224 g/mol. The highest BCUT2D eigenvalue weighted by Crippen LogP contribution is 2.20. The molecule has 2 heterocycles. The second-order valence-electron chi connectivity index (χ2n) is 4.72. The normalized spacial score (nSPS) is 22.6. The van der Waals surface area contributed by atoms with Gasteiger partial charge in [0.1, 0.15) is 0 Å². The van der Waals surface area contributed by atoms with E-state index < -0.39 is 0 Å². The molecule has 2 unspecified atom stereocenters. The Labute approximate surface area is 96.2 Å². The van der Waals surface area contributed by atoms with Crippen molar-refractivity contribution in [2.45, 2.75) is 32.3 Å². The van der Waals surface area contributed by atoms with Gasteiger partial charge in [-0.05, 0) is 31.7 Å². The van der Waals surface area contributed by atoms with Crippen LogP contribution >= 0.6 is 0 Å². The maximum Gasteiger partial charge on any atom is 0.0599 e. The second kappa shape index (κ2) is 4.97. The average Bonchev–Trinajstić information content (AvgIpc) is 2.78. The SMILES string of the molecule is Cc1cc(CC(O)CC2CCOC2)n(C)n1. The van der Waals surface area contributed by atoms with Crippen molar-refractivity contribution in [3.05, 3.63) is 17.5 Å². The molecule has 0 spiro atoms. The molecule has 0 radical (unpaired) electrons. The first kappa shape index (κ1) is 11.6. The summed E-state index contributed by atoms with van der Waals surface area (Å²) in [6.45, 7) is 3.63. The van der Waals surface area contributed by atoms with E-state index in [2.05, 4.69) is 5.10 Å². The molecule has 0 aromatic carbocycles. The van der Waals surface area contributed by atoms with Gasteiger partial charge in [0.25, 0.3) is 0 Å². The van der Waals surface area contributed by atoms with Crippen LogP contribution in [0.3, 0.4) is 0 Å². The van der Waals surface area contributed by atoms with Gasteiger partial charge in [-0.25, -0.2) is 0 Å². The zero-order valence-electron chi connectivity index (χ0n) is 10.0. The average molecular weight is 224 g/mol. The van der Waals surface area contributed by atoms with Gasteiger partial charge in [-0.2, -0.15) is 5.10 Å². The van der Waals surface area contributed by atoms with Crippen molar-refractivity contribution in [1.29, 1.82) is 0 Å². The molecule has 16 heavy (non-hydrogen) atoms. The Balaban J connectivity index is 1.86. The first-order valence-electron chi connectivity index (χ1n) is 5.90. The molecule has 90 valence electrons. The number of aliphatic hydroxyl groups excluding tert-OH is 1. The maximum atomic E-state index is 10.0. The lowest BCUT2D eigenvalue weighted by atomic mass is 9.98. The van der Waals surface area contributed by atoms with Crippen molar-refractivity contribution in [3.8, 4) is 0 Å². The highest BCUT2D eigenvalue weighted by atomic mass is 16.5. The molecule has 4 nitrogen and oxygen atoms in total. The molecule has 1 saturated heterocycles. The first-order valence-corrected chi connectivity index (χ1v) is 5.90. The van der Waals surface area contributed by atoms with Gasteiger partial charge in [0.15, 0.2) is 0 Å². The number of aliphatic hydroxyl groups is 1. The molecular weight excluding hydrogens is 204 g/mol. The topological polar surface area (TPSA) is 47.3 Å². The van der Waals surface area contributed by atoms with E-state index in [1.54, 1.807) is 0 Å². The van der Waals surface area contributed by atoms with Crippen LogP contribution in [0.5, 0.6) is 0 Å². The fourth-order valence-electron chi connectivity index (χ4n) is 2.33. The fourth-order valence-corrected chi connectivity index (χ4v) is 2.33. The molecule has 0 saturated carbocycles. The van der Waals surface area contributed by atoms with Gasteiger partial charge in [0.05, 0.1) is 11.8 Å². The molecule has 1 aromatic heterocycles. The number of nitrogens with zero attached hydrogens (tertiary/aromatic N) is 2. The van der Waals surface area contributed by atoms with Gasteiger partial charge in [0, 0.05) is 32.4 Å². The lowest BCUT2D eigenvalue weighted by Crippen LogP contribution is -2.18. The molecular formula is C12H20N2O2. The van der Waals surface area contributed by atoms with E-state index in [0.717, 1.165) is 37.4 Å². The van der Waals surface area contributed by atoms with E-state index in [0.29, 0.717) is 12.3 Å². The molecule has 0 bridgehead atoms. The number of hydrogen-bond donors (Lipinski definition) is 1. The van der Waals surface area contributed by atoms with Crippen LogP contribution in [-0.2, 0) is 18.2 Å².